The SMILES string of the molecule is COCCOCCCC(CO)c1ccccc1. The van der Waals surface area contributed by atoms with Crippen LogP contribution in [0.15, 0.2) is 30.3 Å². The highest BCUT2D eigenvalue weighted by atomic mass is 16.5. The van der Waals surface area contributed by atoms with Crippen LogP contribution < -0.4 is 0 Å². The number of rotatable bonds is 9. The summed E-state index contributed by atoms with van der Waals surface area (Å²) in [4.78, 5) is 0. The fourth-order valence-electron chi connectivity index (χ4n) is 1.76. The molecule has 0 saturated carbocycles. The summed E-state index contributed by atoms with van der Waals surface area (Å²) >= 11 is 0. The molecule has 1 atom stereocenters. The molecule has 0 bridgehead atoms. The van der Waals surface area contributed by atoms with Gasteiger partial charge in [-0.05, 0) is 18.4 Å². The monoisotopic (exact) mass is 238 g/mol. The third-order valence-electron chi connectivity index (χ3n) is 2.76. The number of methoxy groups -OCH3 is 1. The predicted octanol–water partition coefficient (Wildman–Crippen LogP) is 2.21. The molecule has 1 N–H and O–H groups in total. The van der Waals surface area contributed by atoms with E-state index in [2.05, 4.69) is 12.1 Å². The Morgan fingerprint density at radius 1 is 1.12 bits per heavy atom. The largest absolute Gasteiger partial charge is 0.396 e. The normalized spacial score (nSPS) is 12.6. The summed E-state index contributed by atoms with van der Waals surface area (Å²) in [6.07, 6.45) is 1.91. The lowest BCUT2D eigenvalue weighted by Gasteiger charge is -2.14. The lowest BCUT2D eigenvalue weighted by Crippen LogP contribution is -2.07. The molecule has 0 aromatic heterocycles. The van der Waals surface area contributed by atoms with Gasteiger partial charge in [0.05, 0.1) is 13.2 Å². The highest BCUT2D eigenvalue weighted by Crippen LogP contribution is 2.20. The van der Waals surface area contributed by atoms with E-state index in [1.807, 2.05) is 18.2 Å². The van der Waals surface area contributed by atoms with Gasteiger partial charge in [-0.3, -0.25) is 0 Å². The van der Waals surface area contributed by atoms with E-state index in [0.717, 1.165) is 19.4 Å². The topological polar surface area (TPSA) is 38.7 Å². The van der Waals surface area contributed by atoms with Gasteiger partial charge in [0, 0.05) is 26.2 Å². The summed E-state index contributed by atoms with van der Waals surface area (Å²) in [5.74, 6) is 0.224. The van der Waals surface area contributed by atoms with Gasteiger partial charge in [-0.2, -0.15) is 0 Å². The quantitative estimate of drug-likeness (QED) is 0.670. The lowest BCUT2D eigenvalue weighted by atomic mass is 9.95. The molecule has 0 aliphatic carbocycles. The van der Waals surface area contributed by atoms with Gasteiger partial charge in [0.15, 0.2) is 0 Å². The molecule has 17 heavy (non-hydrogen) atoms. The Hall–Kier alpha value is -0.900. The molecule has 3 heteroatoms. The Morgan fingerprint density at radius 3 is 2.53 bits per heavy atom. The molecule has 96 valence electrons. The minimum absolute atomic E-state index is 0.197. The van der Waals surface area contributed by atoms with Gasteiger partial charge >= 0.3 is 0 Å². The first-order valence-electron chi connectivity index (χ1n) is 6.11. The third kappa shape index (κ3) is 5.82. The zero-order valence-corrected chi connectivity index (χ0v) is 10.5. The fourth-order valence-corrected chi connectivity index (χ4v) is 1.76. The fraction of sp³-hybridized carbons (Fsp3) is 0.571. The van der Waals surface area contributed by atoms with E-state index in [4.69, 9.17) is 9.47 Å². The number of aliphatic hydroxyl groups excluding tert-OH is 1. The summed E-state index contributed by atoms with van der Waals surface area (Å²) in [5, 5.41) is 9.36. The van der Waals surface area contributed by atoms with Gasteiger partial charge in [0.1, 0.15) is 0 Å². The Morgan fingerprint density at radius 2 is 1.88 bits per heavy atom. The van der Waals surface area contributed by atoms with Crippen LogP contribution in [0, 0.1) is 0 Å². The average molecular weight is 238 g/mol. The average Bonchev–Trinajstić information content (AvgIpc) is 2.39. The van der Waals surface area contributed by atoms with Crippen molar-refractivity contribution in [2.45, 2.75) is 18.8 Å². The standard InChI is InChI=1S/C14H22O3/c1-16-10-11-17-9-5-8-14(12-15)13-6-3-2-4-7-13/h2-4,6-7,14-15H,5,8-12H2,1H3. The molecule has 3 nitrogen and oxygen atoms in total. The van der Waals surface area contributed by atoms with Crippen molar-refractivity contribution in [1.29, 1.82) is 0 Å². The van der Waals surface area contributed by atoms with Crippen molar-refractivity contribution < 1.29 is 14.6 Å². The zero-order valence-electron chi connectivity index (χ0n) is 10.5. The molecular weight excluding hydrogens is 216 g/mol. The van der Waals surface area contributed by atoms with Crippen molar-refractivity contribution in [3.63, 3.8) is 0 Å². The maximum atomic E-state index is 9.36. The van der Waals surface area contributed by atoms with Crippen molar-refractivity contribution >= 4 is 0 Å². The zero-order chi connectivity index (χ0) is 12.3. The van der Waals surface area contributed by atoms with E-state index in [0.29, 0.717) is 13.2 Å². The molecule has 0 spiro atoms. The van der Waals surface area contributed by atoms with Crippen molar-refractivity contribution in [3.05, 3.63) is 35.9 Å². The van der Waals surface area contributed by atoms with Crippen LogP contribution >= 0.6 is 0 Å². The third-order valence-corrected chi connectivity index (χ3v) is 2.76. The van der Waals surface area contributed by atoms with E-state index >= 15 is 0 Å². The molecule has 1 unspecified atom stereocenters. The first-order chi connectivity index (χ1) is 8.38. The predicted molar refractivity (Wildman–Crippen MR) is 68.2 cm³/mol. The van der Waals surface area contributed by atoms with Crippen molar-refractivity contribution in [1.82, 2.24) is 0 Å². The first-order valence-corrected chi connectivity index (χ1v) is 6.11. The van der Waals surface area contributed by atoms with Gasteiger partial charge in [-0.15, -0.1) is 0 Å². The summed E-state index contributed by atoms with van der Waals surface area (Å²) in [5.41, 5.74) is 1.20. The van der Waals surface area contributed by atoms with E-state index < -0.39 is 0 Å². The Kier molecular flexibility index (Phi) is 7.63. The van der Waals surface area contributed by atoms with Crippen LogP contribution in [0.5, 0.6) is 0 Å². The van der Waals surface area contributed by atoms with Crippen LogP contribution in [-0.2, 0) is 9.47 Å². The summed E-state index contributed by atoms with van der Waals surface area (Å²) in [6, 6.07) is 10.1. The molecule has 0 amide bonds. The highest BCUT2D eigenvalue weighted by Gasteiger charge is 2.09. The van der Waals surface area contributed by atoms with Crippen molar-refractivity contribution in [2.24, 2.45) is 0 Å². The first kappa shape index (κ1) is 14.2. The van der Waals surface area contributed by atoms with Crippen LogP contribution in [0.1, 0.15) is 24.3 Å². The van der Waals surface area contributed by atoms with Crippen molar-refractivity contribution in [3.8, 4) is 0 Å². The Labute approximate surface area is 103 Å². The van der Waals surface area contributed by atoms with Gasteiger partial charge in [0.25, 0.3) is 0 Å². The minimum Gasteiger partial charge on any atom is -0.396 e. The van der Waals surface area contributed by atoms with Gasteiger partial charge < -0.3 is 14.6 Å². The number of hydrogen-bond donors (Lipinski definition) is 1. The molecule has 0 fully saturated rings. The molecule has 1 rings (SSSR count). The van der Waals surface area contributed by atoms with Gasteiger partial charge in [0.2, 0.25) is 0 Å². The summed E-state index contributed by atoms with van der Waals surface area (Å²) < 4.78 is 10.3. The molecule has 0 aliphatic rings. The second-order valence-electron chi connectivity index (χ2n) is 4.04. The second kappa shape index (κ2) is 9.16. The van der Waals surface area contributed by atoms with Gasteiger partial charge in [-0.1, -0.05) is 30.3 Å². The van der Waals surface area contributed by atoms with Crippen LogP contribution in [0.25, 0.3) is 0 Å². The molecule has 0 saturated heterocycles. The smallest absolute Gasteiger partial charge is 0.0700 e. The van der Waals surface area contributed by atoms with Gasteiger partial charge in [-0.25, -0.2) is 0 Å². The van der Waals surface area contributed by atoms with Crippen LogP contribution in [0.3, 0.4) is 0 Å². The summed E-state index contributed by atoms with van der Waals surface area (Å²) in [6.45, 7) is 2.21. The van der Waals surface area contributed by atoms with Crippen LogP contribution in [0.4, 0.5) is 0 Å². The molecule has 0 radical (unpaired) electrons. The number of aliphatic hydroxyl groups is 1. The van der Waals surface area contributed by atoms with E-state index in [1.165, 1.54) is 5.56 Å². The van der Waals surface area contributed by atoms with Crippen LogP contribution in [0.2, 0.25) is 0 Å². The number of hydrogen-bond acceptors (Lipinski definition) is 3. The Bertz CT molecular complexity index is 274. The maximum Gasteiger partial charge on any atom is 0.0700 e. The molecule has 1 aromatic rings. The molecule has 1 aromatic carbocycles. The molecular formula is C14H22O3. The molecule has 0 aliphatic heterocycles. The van der Waals surface area contributed by atoms with E-state index in [-0.39, 0.29) is 12.5 Å². The maximum absolute atomic E-state index is 9.36. The number of ether oxygens (including phenoxy) is 2. The number of benzene rings is 1. The lowest BCUT2D eigenvalue weighted by molar-refractivity contribution is 0.0673. The van der Waals surface area contributed by atoms with E-state index in [1.54, 1.807) is 7.11 Å². The van der Waals surface area contributed by atoms with E-state index in [9.17, 15) is 5.11 Å². The highest BCUT2D eigenvalue weighted by molar-refractivity contribution is 5.19. The minimum atomic E-state index is 0.197. The van der Waals surface area contributed by atoms with Crippen LogP contribution in [-0.4, -0.2) is 38.6 Å². The second-order valence-corrected chi connectivity index (χ2v) is 4.04. The Balaban J connectivity index is 2.20. The van der Waals surface area contributed by atoms with Crippen molar-refractivity contribution in [2.75, 3.05) is 33.5 Å². The molecule has 0 heterocycles. The summed E-state index contributed by atoms with van der Waals surface area (Å²) in [7, 11) is 1.67.